The number of unbranched alkanes of at least 4 members (excludes halogenated alkanes) is 1. The summed E-state index contributed by atoms with van der Waals surface area (Å²) in [6.07, 6.45) is 4.26. The van der Waals surface area contributed by atoms with Gasteiger partial charge in [-0.05, 0) is 33.4 Å². The molecule has 0 radical (unpaired) electrons. The number of likely N-dealkylation sites (N-methyl/N-ethyl adjacent to an activating group) is 1. The molecule has 20 heavy (non-hydrogen) atoms. The van der Waals surface area contributed by atoms with Gasteiger partial charge in [0.1, 0.15) is 0 Å². The smallest absolute Gasteiger partial charge is 0.223 e. The SMILES string of the molecule is CCCCC(=O)N1CCC(C(=O)NCCN(C)C)CC1. The lowest BCUT2D eigenvalue weighted by atomic mass is 9.95. The molecule has 1 saturated heterocycles. The second-order valence-corrected chi connectivity index (χ2v) is 5.85. The van der Waals surface area contributed by atoms with Gasteiger partial charge in [0.25, 0.3) is 0 Å². The molecule has 0 atom stereocenters. The minimum absolute atomic E-state index is 0.0763. The van der Waals surface area contributed by atoms with Crippen LogP contribution in [0.25, 0.3) is 0 Å². The number of hydrogen-bond acceptors (Lipinski definition) is 3. The van der Waals surface area contributed by atoms with E-state index in [1.807, 2.05) is 19.0 Å². The molecule has 1 rings (SSSR count). The van der Waals surface area contributed by atoms with Crippen LogP contribution in [-0.4, -0.2) is 61.9 Å². The second-order valence-electron chi connectivity index (χ2n) is 5.85. The van der Waals surface area contributed by atoms with Gasteiger partial charge in [-0.2, -0.15) is 0 Å². The summed E-state index contributed by atoms with van der Waals surface area (Å²) in [5.74, 6) is 0.471. The number of piperidine rings is 1. The molecule has 116 valence electrons. The third-order valence-electron chi connectivity index (χ3n) is 3.82. The Morgan fingerprint density at radius 2 is 1.90 bits per heavy atom. The van der Waals surface area contributed by atoms with E-state index >= 15 is 0 Å². The minimum atomic E-state index is 0.0763. The van der Waals surface area contributed by atoms with Crippen molar-refractivity contribution in [3.8, 4) is 0 Å². The zero-order chi connectivity index (χ0) is 15.0. The number of amides is 2. The summed E-state index contributed by atoms with van der Waals surface area (Å²) in [5, 5.41) is 2.98. The van der Waals surface area contributed by atoms with Gasteiger partial charge in [-0.3, -0.25) is 9.59 Å². The highest BCUT2D eigenvalue weighted by Gasteiger charge is 2.26. The zero-order valence-corrected chi connectivity index (χ0v) is 13.2. The fraction of sp³-hybridized carbons (Fsp3) is 0.867. The highest BCUT2D eigenvalue weighted by Crippen LogP contribution is 2.18. The van der Waals surface area contributed by atoms with E-state index in [0.717, 1.165) is 45.3 Å². The van der Waals surface area contributed by atoms with Gasteiger partial charge < -0.3 is 15.1 Å². The van der Waals surface area contributed by atoms with Crippen LogP contribution in [-0.2, 0) is 9.59 Å². The molecule has 1 fully saturated rings. The van der Waals surface area contributed by atoms with Crippen LogP contribution in [0.5, 0.6) is 0 Å². The number of nitrogens with one attached hydrogen (secondary N) is 1. The molecule has 0 aromatic heterocycles. The van der Waals surface area contributed by atoms with Crippen LogP contribution in [0.2, 0.25) is 0 Å². The summed E-state index contributed by atoms with van der Waals surface area (Å²) in [6, 6.07) is 0. The summed E-state index contributed by atoms with van der Waals surface area (Å²) < 4.78 is 0. The Labute approximate surface area is 122 Å². The van der Waals surface area contributed by atoms with Crippen molar-refractivity contribution >= 4 is 11.8 Å². The summed E-state index contributed by atoms with van der Waals surface area (Å²) in [4.78, 5) is 27.9. The van der Waals surface area contributed by atoms with Gasteiger partial charge >= 0.3 is 0 Å². The van der Waals surface area contributed by atoms with E-state index < -0.39 is 0 Å². The third-order valence-corrected chi connectivity index (χ3v) is 3.82. The number of carbonyl (C=O) groups excluding carboxylic acids is 2. The molecule has 0 unspecified atom stereocenters. The van der Waals surface area contributed by atoms with Crippen LogP contribution < -0.4 is 5.32 Å². The Hall–Kier alpha value is -1.10. The van der Waals surface area contributed by atoms with Crippen molar-refractivity contribution in [2.75, 3.05) is 40.3 Å². The Kier molecular flexibility index (Phi) is 7.59. The molecule has 0 bridgehead atoms. The standard InChI is InChI=1S/C15H29N3O2/c1-4-5-6-14(19)18-10-7-13(8-11-18)15(20)16-9-12-17(2)3/h13H,4-12H2,1-3H3,(H,16,20). The fourth-order valence-electron chi connectivity index (χ4n) is 2.42. The van der Waals surface area contributed by atoms with E-state index in [1.54, 1.807) is 0 Å². The maximum atomic E-state index is 12.0. The zero-order valence-electron chi connectivity index (χ0n) is 13.2. The van der Waals surface area contributed by atoms with Crippen molar-refractivity contribution in [1.82, 2.24) is 15.1 Å². The van der Waals surface area contributed by atoms with Gasteiger partial charge in [0.15, 0.2) is 0 Å². The number of hydrogen-bond donors (Lipinski definition) is 1. The molecule has 0 aliphatic carbocycles. The quantitative estimate of drug-likeness (QED) is 0.761. The Balaban J connectivity index is 2.24. The monoisotopic (exact) mass is 283 g/mol. The molecular formula is C15H29N3O2. The predicted molar refractivity (Wildman–Crippen MR) is 80.4 cm³/mol. The second kappa shape index (κ2) is 8.95. The summed E-state index contributed by atoms with van der Waals surface area (Å²) >= 11 is 0. The topological polar surface area (TPSA) is 52.7 Å². The van der Waals surface area contributed by atoms with Crippen LogP contribution in [0.4, 0.5) is 0 Å². The lowest BCUT2D eigenvalue weighted by Crippen LogP contribution is -2.43. The van der Waals surface area contributed by atoms with Crippen molar-refractivity contribution in [2.45, 2.75) is 39.0 Å². The average Bonchev–Trinajstić information content (AvgIpc) is 2.44. The molecule has 1 aliphatic rings. The largest absolute Gasteiger partial charge is 0.355 e. The van der Waals surface area contributed by atoms with Crippen molar-refractivity contribution in [2.24, 2.45) is 5.92 Å². The molecule has 0 spiro atoms. The Bertz CT molecular complexity index is 310. The first kappa shape index (κ1) is 17.0. The molecule has 5 heteroatoms. The maximum Gasteiger partial charge on any atom is 0.223 e. The van der Waals surface area contributed by atoms with Gasteiger partial charge in [0, 0.05) is 38.5 Å². The normalized spacial score (nSPS) is 16.5. The number of likely N-dealkylation sites (tertiary alicyclic amines) is 1. The van der Waals surface area contributed by atoms with Crippen LogP contribution in [0.3, 0.4) is 0 Å². The Morgan fingerprint density at radius 1 is 1.25 bits per heavy atom. The lowest BCUT2D eigenvalue weighted by Gasteiger charge is -2.31. The summed E-state index contributed by atoms with van der Waals surface area (Å²) in [5.41, 5.74) is 0. The summed E-state index contributed by atoms with van der Waals surface area (Å²) in [6.45, 7) is 5.11. The molecule has 0 aromatic carbocycles. The summed E-state index contributed by atoms with van der Waals surface area (Å²) in [7, 11) is 3.99. The van der Waals surface area contributed by atoms with Gasteiger partial charge in [0.05, 0.1) is 0 Å². The highest BCUT2D eigenvalue weighted by atomic mass is 16.2. The van der Waals surface area contributed by atoms with Crippen LogP contribution in [0.15, 0.2) is 0 Å². The van der Waals surface area contributed by atoms with E-state index in [9.17, 15) is 9.59 Å². The first-order chi connectivity index (χ1) is 9.54. The van der Waals surface area contributed by atoms with E-state index in [2.05, 4.69) is 17.1 Å². The number of carbonyl (C=O) groups is 2. The van der Waals surface area contributed by atoms with Crippen molar-refractivity contribution in [3.05, 3.63) is 0 Å². The molecule has 1 N–H and O–H groups in total. The molecule has 5 nitrogen and oxygen atoms in total. The van der Waals surface area contributed by atoms with E-state index in [1.165, 1.54) is 0 Å². The van der Waals surface area contributed by atoms with E-state index in [-0.39, 0.29) is 17.7 Å². The molecule has 0 aromatic rings. The highest BCUT2D eigenvalue weighted by molar-refractivity contribution is 5.80. The van der Waals surface area contributed by atoms with Crippen molar-refractivity contribution in [1.29, 1.82) is 0 Å². The first-order valence-electron chi connectivity index (χ1n) is 7.74. The molecule has 1 aliphatic heterocycles. The van der Waals surface area contributed by atoms with E-state index in [4.69, 9.17) is 0 Å². The predicted octanol–water partition coefficient (Wildman–Crippen LogP) is 1.09. The van der Waals surface area contributed by atoms with Gasteiger partial charge in [-0.25, -0.2) is 0 Å². The first-order valence-corrected chi connectivity index (χ1v) is 7.74. The molecular weight excluding hydrogens is 254 g/mol. The van der Waals surface area contributed by atoms with Gasteiger partial charge in [-0.1, -0.05) is 13.3 Å². The van der Waals surface area contributed by atoms with Crippen molar-refractivity contribution in [3.63, 3.8) is 0 Å². The van der Waals surface area contributed by atoms with Crippen molar-refractivity contribution < 1.29 is 9.59 Å². The molecule has 0 saturated carbocycles. The Morgan fingerprint density at radius 3 is 2.45 bits per heavy atom. The van der Waals surface area contributed by atoms with Crippen LogP contribution in [0, 0.1) is 5.92 Å². The van der Waals surface area contributed by atoms with Gasteiger partial charge in [0.2, 0.25) is 11.8 Å². The minimum Gasteiger partial charge on any atom is -0.355 e. The fourth-order valence-corrected chi connectivity index (χ4v) is 2.42. The third kappa shape index (κ3) is 5.90. The lowest BCUT2D eigenvalue weighted by molar-refractivity contribution is -0.135. The number of nitrogens with zero attached hydrogens (tertiary/aromatic N) is 2. The maximum absolute atomic E-state index is 12.0. The number of rotatable bonds is 7. The van der Waals surface area contributed by atoms with E-state index in [0.29, 0.717) is 13.0 Å². The molecule has 1 heterocycles. The average molecular weight is 283 g/mol. The molecule has 2 amide bonds. The van der Waals surface area contributed by atoms with Crippen LogP contribution in [0.1, 0.15) is 39.0 Å². The van der Waals surface area contributed by atoms with Gasteiger partial charge in [-0.15, -0.1) is 0 Å². The van der Waals surface area contributed by atoms with Crippen LogP contribution >= 0.6 is 0 Å².